The van der Waals surface area contributed by atoms with Gasteiger partial charge in [0.15, 0.2) is 5.82 Å². The van der Waals surface area contributed by atoms with E-state index in [-0.39, 0.29) is 25.0 Å². The molecule has 0 unspecified atom stereocenters. The van der Waals surface area contributed by atoms with Crippen LogP contribution in [-0.2, 0) is 16.0 Å². The standard InChI is InChI=1S/C18H18N6O3/c25-15(10-24-16(26)9-21-18(24)27)22-13-4-1-5-14-12(13)8-20-17(23-14)11-3-2-6-19-7-11/h2-3,6-8,13H,1,4-5,9-10H2,(H,21,27)(H,22,25)/t13-/m0/s1. The molecule has 9 nitrogen and oxygen atoms in total. The van der Waals surface area contributed by atoms with Gasteiger partial charge in [-0.1, -0.05) is 0 Å². The lowest BCUT2D eigenvalue weighted by molar-refractivity contribution is -0.131. The molecule has 4 rings (SSSR count). The minimum atomic E-state index is -0.538. The average molecular weight is 366 g/mol. The first-order chi connectivity index (χ1) is 13.1. The number of rotatable bonds is 4. The molecule has 1 aliphatic heterocycles. The second kappa shape index (κ2) is 7.10. The molecule has 2 aromatic heterocycles. The molecular weight excluding hydrogens is 348 g/mol. The summed E-state index contributed by atoms with van der Waals surface area (Å²) in [6.07, 6.45) is 7.59. The van der Waals surface area contributed by atoms with Crippen molar-refractivity contribution >= 4 is 17.8 Å². The molecule has 1 fully saturated rings. The van der Waals surface area contributed by atoms with Crippen molar-refractivity contribution < 1.29 is 14.4 Å². The maximum atomic E-state index is 12.3. The third kappa shape index (κ3) is 3.48. The van der Waals surface area contributed by atoms with Crippen LogP contribution in [-0.4, -0.2) is 50.8 Å². The van der Waals surface area contributed by atoms with Crippen LogP contribution < -0.4 is 10.6 Å². The van der Waals surface area contributed by atoms with Gasteiger partial charge in [0.2, 0.25) is 5.91 Å². The number of hydrogen-bond acceptors (Lipinski definition) is 6. The molecule has 0 saturated carbocycles. The highest BCUT2D eigenvalue weighted by Gasteiger charge is 2.31. The Morgan fingerprint density at radius 2 is 2.22 bits per heavy atom. The van der Waals surface area contributed by atoms with Crippen molar-refractivity contribution in [2.75, 3.05) is 13.1 Å². The van der Waals surface area contributed by atoms with E-state index in [0.29, 0.717) is 5.82 Å². The van der Waals surface area contributed by atoms with Crippen LogP contribution in [0, 0.1) is 0 Å². The summed E-state index contributed by atoms with van der Waals surface area (Å²) in [6.45, 7) is -0.353. The summed E-state index contributed by atoms with van der Waals surface area (Å²) in [5.74, 6) is -0.175. The van der Waals surface area contributed by atoms with E-state index in [9.17, 15) is 14.4 Å². The minimum absolute atomic E-state index is 0.0661. The van der Waals surface area contributed by atoms with Gasteiger partial charge in [-0.15, -0.1) is 0 Å². The summed E-state index contributed by atoms with van der Waals surface area (Å²) in [5, 5.41) is 5.30. The number of nitrogens with zero attached hydrogens (tertiary/aromatic N) is 4. The van der Waals surface area contributed by atoms with Crippen LogP contribution in [0.15, 0.2) is 30.7 Å². The van der Waals surface area contributed by atoms with Crippen molar-refractivity contribution in [1.82, 2.24) is 30.5 Å². The number of pyridine rings is 1. The maximum absolute atomic E-state index is 12.3. The Hall–Kier alpha value is -3.36. The number of carbonyl (C=O) groups excluding carboxylic acids is 3. The van der Waals surface area contributed by atoms with Crippen LogP contribution in [0.25, 0.3) is 11.4 Å². The summed E-state index contributed by atoms with van der Waals surface area (Å²) < 4.78 is 0. The second-order valence-corrected chi connectivity index (χ2v) is 6.49. The van der Waals surface area contributed by atoms with E-state index in [1.165, 1.54) is 0 Å². The molecule has 0 bridgehead atoms. The molecule has 1 atom stereocenters. The average Bonchev–Trinajstić information content (AvgIpc) is 3.00. The SMILES string of the molecule is O=C(CN1C(=O)CNC1=O)N[C@H]1CCCc2nc(-c3cccnc3)ncc21. The number of hydrogen-bond donors (Lipinski definition) is 2. The topological polar surface area (TPSA) is 117 Å². The first-order valence-corrected chi connectivity index (χ1v) is 8.75. The zero-order chi connectivity index (χ0) is 18.8. The van der Waals surface area contributed by atoms with Gasteiger partial charge in [-0.3, -0.25) is 19.5 Å². The van der Waals surface area contributed by atoms with Gasteiger partial charge in [-0.05, 0) is 31.4 Å². The Morgan fingerprint density at radius 3 is 2.96 bits per heavy atom. The third-order valence-electron chi connectivity index (χ3n) is 4.68. The van der Waals surface area contributed by atoms with Crippen LogP contribution >= 0.6 is 0 Å². The number of aryl methyl sites for hydroxylation is 1. The summed E-state index contributed by atoms with van der Waals surface area (Å²) in [4.78, 5) is 49.6. The molecule has 0 spiro atoms. The van der Waals surface area contributed by atoms with Crippen LogP contribution in [0.2, 0.25) is 0 Å². The normalized spacial score (nSPS) is 18.8. The number of fused-ring (bicyclic) bond motifs is 1. The monoisotopic (exact) mass is 366 g/mol. The number of urea groups is 1. The lowest BCUT2D eigenvalue weighted by atomic mass is 9.92. The lowest BCUT2D eigenvalue weighted by Gasteiger charge is -2.26. The Morgan fingerprint density at radius 1 is 1.33 bits per heavy atom. The Bertz CT molecular complexity index is 885. The van der Waals surface area contributed by atoms with Gasteiger partial charge in [0, 0.05) is 35.4 Å². The molecule has 2 N–H and O–H groups in total. The second-order valence-electron chi connectivity index (χ2n) is 6.49. The Kier molecular flexibility index (Phi) is 4.49. The van der Waals surface area contributed by atoms with Gasteiger partial charge in [-0.2, -0.15) is 0 Å². The smallest absolute Gasteiger partial charge is 0.325 e. The third-order valence-corrected chi connectivity index (χ3v) is 4.68. The first kappa shape index (κ1) is 17.1. The number of imide groups is 1. The molecule has 0 radical (unpaired) electrons. The van der Waals surface area contributed by atoms with Gasteiger partial charge >= 0.3 is 6.03 Å². The fourth-order valence-electron chi connectivity index (χ4n) is 3.33. The number of amides is 4. The molecule has 1 saturated heterocycles. The van der Waals surface area contributed by atoms with E-state index in [1.54, 1.807) is 18.6 Å². The molecule has 3 heterocycles. The van der Waals surface area contributed by atoms with Gasteiger partial charge in [0.25, 0.3) is 5.91 Å². The largest absolute Gasteiger partial charge is 0.348 e. The first-order valence-electron chi connectivity index (χ1n) is 8.75. The van der Waals surface area contributed by atoms with E-state index in [1.807, 2.05) is 12.1 Å². The van der Waals surface area contributed by atoms with Crippen molar-refractivity contribution in [3.8, 4) is 11.4 Å². The van der Waals surface area contributed by atoms with E-state index < -0.39 is 11.9 Å². The Balaban J connectivity index is 1.49. The van der Waals surface area contributed by atoms with Crippen LogP contribution in [0.4, 0.5) is 4.79 Å². The summed E-state index contributed by atoms with van der Waals surface area (Å²) in [6, 6.07) is 2.96. The molecule has 2 aliphatic rings. The molecular formula is C18H18N6O3. The molecule has 2 aromatic rings. The molecule has 138 valence electrons. The molecule has 0 aromatic carbocycles. The highest BCUT2D eigenvalue weighted by Crippen LogP contribution is 2.29. The van der Waals surface area contributed by atoms with Gasteiger partial charge in [-0.25, -0.2) is 14.8 Å². The van der Waals surface area contributed by atoms with Gasteiger partial charge in [0.05, 0.1) is 12.6 Å². The van der Waals surface area contributed by atoms with E-state index in [0.717, 1.165) is 41.0 Å². The highest BCUT2D eigenvalue weighted by molar-refractivity contribution is 6.04. The predicted octanol–water partition coefficient (Wildman–Crippen LogP) is 0.584. The van der Waals surface area contributed by atoms with Gasteiger partial charge in [0.1, 0.15) is 6.54 Å². The number of carbonyl (C=O) groups is 3. The van der Waals surface area contributed by atoms with E-state index in [2.05, 4.69) is 25.6 Å². The summed E-state index contributed by atoms with van der Waals surface area (Å²) in [7, 11) is 0. The number of aromatic nitrogens is 3. The fourth-order valence-corrected chi connectivity index (χ4v) is 3.33. The maximum Gasteiger partial charge on any atom is 0.325 e. The Labute approximate surface area is 155 Å². The van der Waals surface area contributed by atoms with Crippen molar-refractivity contribution in [2.24, 2.45) is 0 Å². The summed E-state index contributed by atoms with van der Waals surface area (Å²) in [5.41, 5.74) is 2.61. The van der Waals surface area contributed by atoms with Crippen LogP contribution in [0.1, 0.15) is 30.1 Å². The predicted molar refractivity (Wildman–Crippen MR) is 94.2 cm³/mol. The zero-order valence-electron chi connectivity index (χ0n) is 14.5. The fraction of sp³-hybridized carbons (Fsp3) is 0.333. The van der Waals surface area contributed by atoms with Crippen LogP contribution in [0.5, 0.6) is 0 Å². The lowest BCUT2D eigenvalue weighted by Crippen LogP contribution is -2.42. The number of nitrogens with one attached hydrogen (secondary N) is 2. The van der Waals surface area contributed by atoms with Crippen molar-refractivity contribution in [3.05, 3.63) is 42.0 Å². The molecule has 27 heavy (non-hydrogen) atoms. The molecule has 4 amide bonds. The molecule has 9 heteroatoms. The molecule has 1 aliphatic carbocycles. The van der Waals surface area contributed by atoms with Gasteiger partial charge < -0.3 is 10.6 Å². The zero-order valence-corrected chi connectivity index (χ0v) is 14.5. The van der Waals surface area contributed by atoms with E-state index in [4.69, 9.17) is 0 Å². The quantitative estimate of drug-likeness (QED) is 0.765. The van der Waals surface area contributed by atoms with E-state index >= 15 is 0 Å². The van der Waals surface area contributed by atoms with Crippen molar-refractivity contribution in [2.45, 2.75) is 25.3 Å². The van der Waals surface area contributed by atoms with Crippen LogP contribution in [0.3, 0.4) is 0 Å². The van der Waals surface area contributed by atoms with Crippen molar-refractivity contribution in [1.29, 1.82) is 0 Å². The minimum Gasteiger partial charge on any atom is -0.348 e. The highest BCUT2D eigenvalue weighted by atomic mass is 16.2. The van der Waals surface area contributed by atoms with Crippen molar-refractivity contribution in [3.63, 3.8) is 0 Å². The summed E-state index contributed by atoms with van der Waals surface area (Å²) >= 11 is 0.